The molecule has 0 spiro atoms. The van der Waals surface area contributed by atoms with E-state index in [2.05, 4.69) is 20.5 Å². The SMILES string of the molecule is CCNC(=NCCN(CCOC)C1CC1)NC(C)CCS(C)(=O)=O. The van der Waals surface area contributed by atoms with E-state index in [1.165, 1.54) is 19.1 Å². The van der Waals surface area contributed by atoms with Crippen LogP contribution in [0.25, 0.3) is 0 Å². The maximum atomic E-state index is 11.3. The summed E-state index contributed by atoms with van der Waals surface area (Å²) in [5.74, 6) is 0.938. The largest absolute Gasteiger partial charge is 0.383 e. The molecule has 1 saturated carbocycles. The maximum absolute atomic E-state index is 11.3. The van der Waals surface area contributed by atoms with Gasteiger partial charge in [-0.1, -0.05) is 0 Å². The molecule has 0 aromatic rings. The van der Waals surface area contributed by atoms with E-state index in [4.69, 9.17) is 4.74 Å². The van der Waals surface area contributed by atoms with Gasteiger partial charge >= 0.3 is 0 Å². The third-order valence-electron chi connectivity index (χ3n) is 3.95. The molecule has 2 N–H and O–H groups in total. The van der Waals surface area contributed by atoms with E-state index in [1.807, 2.05) is 13.8 Å². The Morgan fingerprint density at radius 1 is 1.38 bits per heavy atom. The van der Waals surface area contributed by atoms with Gasteiger partial charge in [-0.05, 0) is 33.1 Å². The van der Waals surface area contributed by atoms with Crippen molar-refractivity contribution in [2.24, 2.45) is 4.99 Å². The van der Waals surface area contributed by atoms with E-state index < -0.39 is 9.84 Å². The number of methoxy groups -OCH3 is 1. The number of nitrogens with one attached hydrogen (secondary N) is 2. The molecule has 0 amide bonds. The fourth-order valence-electron chi connectivity index (χ4n) is 2.43. The Morgan fingerprint density at radius 3 is 2.62 bits per heavy atom. The van der Waals surface area contributed by atoms with Gasteiger partial charge in [0.1, 0.15) is 9.84 Å². The highest BCUT2D eigenvalue weighted by Gasteiger charge is 2.28. The van der Waals surface area contributed by atoms with Crippen molar-refractivity contribution in [3.63, 3.8) is 0 Å². The lowest BCUT2D eigenvalue weighted by Crippen LogP contribution is -2.43. The zero-order valence-electron chi connectivity index (χ0n) is 15.5. The van der Waals surface area contributed by atoms with E-state index >= 15 is 0 Å². The maximum Gasteiger partial charge on any atom is 0.191 e. The standard InChI is InChI=1S/C16H34N4O3S/c1-5-17-16(19-14(2)8-13-24(4,21)22)18-9-10-20(11-12-23-3)15-6-7-15/h14-15H,5-13H2,1-4H3,(H2,17,18,19). The average molecular weight is 363 g/mol. The minimum Gasteiger partial charge on any atom is -0.383 e. The summed E-state index contributed by atoms with van der Waals surface area (Å²) < 4.78 is 27.7. The third-order valence-corrected chi connectivity index (χ3v) is 4.93. The number of nitrogens with zero attached hydrogens (tertiary/aromatic N) is 2. The Bertz CT molecular complexity index is 478. The van der Waals surface area contributed by atoms with Gasteiger partial charge in [0, 0.05) is 45.1 Å². The van der Waals surface area contributed by atoms with Gasteiger partial charge in [0.25, 0.3) is 0 Å². The molecule has 1 rings (SSSR count). The van der Waals surface area contributed by atoms with Crippen LogP contribution in [0.3, 0.4) is 0 Å². The Hall–Kier alpha value is -0.860. The molecule has 1 aliphatic carbocycles. The first kappa shape index (κ1) is 21.2. The van der Waals surface area contributed by atoms with Crippen molar-refractivity contribution in [2.45, 2.75) is 45.2 Å². The average Bonchev–Trinajstić information content (AvgIpc) is 3.33. The smallest absolute Gasteiger partial charge is 0.191 e. The summed E-state index contributed by atoms with van der Waals surface area (Å²) in [6, 6.07) is 0.755. The van der Waals surface area contributed by atoms with Crippen molar-refractivity contribution in [1.29, 1.82) is 0 Å². The number of hydrogen-bond acceptors (Lipinski definition) is 5. The van der Waals surface area contributed by atoms with E-state index in [0.717, 1.165) is 32.2 Å². The van der Waals surface area contributed by atoms with Gasteiger partial charge in [-0.15, -0.1) is 0 Å². The first-order valence-corrected chi connectivity index (χ1v) is 10.9. The molecule has 8 heteroatoms. The third kappa shape index (κ3) is 10.1. The summed E-state index contributed by atoms with van der Waals surface area (Å²) in [5.41, 5.74) is 0. The van der Waals surface area contributed by atoms with Gasteiger partial charge in [0.2, 0.25) is 0 Å². The molecule has 0 heterocycles. The second-order valence-electron chi connectivity index (χ2n) is 6.48. The minimum atomic E-state index is -2.93. The molecule has 0 aromatic heterocycles. The number of ether oxygens (including phenoxy) is 1. The highest BCUT2D eigenvalue weighted by molar-refractivity contribution is 7.90. The van der Waals surface area contributed by atoms with E-state index in [9.17, 15) is 8.42 Å². The van der Waals surface area contributed by atoms with Crippen molar-refractivity contribution in [2.75, 3.05) is 51.9 Å². The lowest BCUT2D eigenvalue weighted by molar-refractivity contribution is 0.145. The summed E-state index contributed by atoms with van der Waals surface area (Å²) in [6.07, 6.45) is 4.39. The van der Waals surface area contributed by atoms with Gasteiger partial charge in [0.05, 0.1) is 18.9 Å². The van der Waals surface area contributed by atoms with Crippen LogP contribution >= 0.6 is 0 Å². The number of aliphatic imine (C=N–C) groups is 1. The van der Waals surface area contributed by atoms with Crippen LogP contribution in [0.4, 0.5) is 0 Å². The molecule has 7 nitrogen and oxygen atoms in total. The molecule has 0 aliphatic heterocycles. The molecule has 1 aliphatic rings. The second kappa shape index (κ2) is 10.9. The lowest BCUT2D eigenvalue weighted by Gasteiger charge is -2.21. The van der Waals surface area contributed by atoms with E-state index in [1.54, 1.807) is 7.11 Å². The van der Waals surface area contributed by atoms with Gasteiger partial charge < -0.3 is 15.4 Å². The molecular weight excluding hydrogens is 328 g/mol. The Balaban J connectivity index is 2.42. The highest BCUT2D eigenvalue weighted by atomic mass is 32.2. The summed E-state index contributed by atoms with van der Waals surface area (Å²) in [6.45, 7) is 8.12. The fraction of sp³-hybridized carbons (Fsp3) is 0.938. The van der Waals surface area contributed by atoms with Crippen LogP contribution in [0.5, 0.6) is 0 Å². The summed E-state index contributed by atoms with van der Waals surface area (Å²) >= 11 is 0. The van der Waals surface area contributed by atoms with Crippen molar-refractivity contribution in [1.82, 2.24) is 15.5 Å². The van der Waals surface area contributed by atoms with Crippen molar-refractivity contribution in [3.05, 3.63) is 0 Å². The number of guanidine groups is 1. The Labute approximate surface area is 147 Å². The summed E-state index contributed by atoms with van der Waals surface area (Å²) in [7, 11) is -1.20. The fourth-order valence-corrected chi connectivity index (χ4v) is 3.21. The highest BCUT2D eigenvalue weighted by Crippen LogP contribution is 2.26. The first-order valence-electron chi connectivity index (χ1n) is 8.81. The van der Waals surface area contributed by atoms with Gasteiger partial charge in [-0.25, -0.2) is 8.42 Å². The van der Waals surface area contributed by atoms with Crippen LogP contribution < -0.4 is 10.6 Å². The predicted molar refractivity (Wildman–Crippen MR) is 99.4 cm³/mol. The van der Waals surface area contributed by atoms with Crippen LogP contribution in [0.2, 0.25) is 0 Å². The zero-order chi connectivity index (χ0) is 18.0. The quantitative estimate of drug-likeness (QED) is 0.388. The normalized spacial score (nSPS) is 17.1. The van der Waals surface area contributed by atoms with Gasteiger partial charge in [-0.3, -0.25) is 9.89 Å². The molecule has 0 radical (unpaired) electrons. The molecule has 1 unspecified atom stereocenters. The first-order chi connectivity index (χ1) is 11.4. The number of rotatable bonds is 12. The topological polar surface area (TPSA) is 83.0 Å². The van der Waals surface area contributed by atoms with Crippen LogP contribution in [0.1, 0.15) is 33.1 Å². The van der Waals surface area contributed by atoms with E-state index in [0.29, 0.717) is 19.0 Å². The van der Waals surface area contributed by atoms with Crippen molar-refractivity contribution in [3.8, 4) is 0 Å². The minimum absolute atomic E-state index is 0.0607. The molecule has 0 saturated heterocycles. The van der Waals surface area contributed by atoms with Crippen LogP contribution in [0.15, 0.2) is 4.99 Å². The number of hydrogen-bond donors (Lipinski definition) is 2. The van der Waals surface area contributed by atoms with Gasteiger partial charge in [-0.2, -0.15) is 0 Å². The molecule has 0 bridgehead atoms. The van der Waals surface area contributed by atoms with E-state index in [-0.39, 0.29) is 11.8 Å². The van der Waals surface area contributed by atoms with Crippen molar-refractivity contribution < 1.29 is 13.2 Å². The monoisotopic (exact) mass is 362 g/mol. The summed E-state index contributed by atoms with van der Waals surface area (Å²) in [4.78, 5) is 7.05. The molecule has 1 atom stereocenters. The molecule has 1 fully saturated rings. The molecule has 0 aromatic carbocycles. The van der Waals surface area contributed by atoms with Crippen LogP contribution in [-0.2, 0) is 14.6 Å². The van der Waals surface area contributed by atoms with Gasteiger partial charge in [0.15, 0.2) is 5.96 Å². The predicted octanol–water partition coefficient (Wildman–Crippen LogP) is 0.476. The zero-order valence-corrected chi connectivity index (χ0v) is 16.4. The van der Waals surface area contributed by atoms with Crippen LogP contribution in [0, 0.1) is 0 Å². The van der Waals surface area contributed by atoms with Crippen LogP contribution in [-0.4, -0.2) is 83.3 Å². The molecular formula is C16H34N4O3S. The second-order valence-corrected chi connectivity index (χ2v) is 8.74. The Morgan fingerprint density at radius 2 is 2.08 bits per heavy atom. The molecule has 24 heavy (non-hydrogen) atoms. The lowest BCUT2D eigenvalue weighted by atomic mass is 10.3. The van der Waals surface area contributed by atoms with Crippen molar-refractivity contribution >= 4 is 15.8 Å². The Kier molecular flexibility index (Phi) is 9.61. The molecule has 142 valence electrons. The number of sulfone groups is 1. The summed E-state index contributed by atoms with van der Waals surface area (Å²) in [5, 5.41) is 6.50.